The summed E-state index contributed by atoms with van der Waals surface area (Å²) in [6, 6.07) is 3.17. The van der Waals surface area contributed by atoms with Crippen LogP contribution in [0.2, 0.25) is 5.02 Å². The van der Waals surface area contributed by atoms with Crippen molar-refractivity contribution >= 4 is 27.4 Å². The first-order valence-electron chi connectivity index (χ1n) is 8.44. The molecule has 2 atom stereocenters. The number of hydrogen-bond acceptors (Lipinski definition) is 6. The van der Waals surface area contributed by atoms with Crippen molar-refractivity contribution in [2.45, 2.75) is 25.5 Å². The minimum atomic E-state index is -3.51. The van der Waals surface area contributed by atoms with E-state index in [9.17, 15) is 13.2 Å². The zero-order valence-corrected chi connectivity index (χ0v) is 16.8. The third kappa shape index (κ3) is 3.94. The van der Waals surface area contributed by atoms with Crippen LogP contribution in [0.1, 0.15) is 20.3 Å². The van der Waals surface area contributed by atoms with E-state index in [0.717, 1.165) is 0 Å². The quantitative estimate of drug-likeness (QED) is 0.694. The highest BCUT2D eigenvalue weighted by atomic mass is 35.5. The van der Waals surface area contributed by atoms with Crippen LogP contribution in [0.25, 0.3) is 0 Å². The van der Waals surface area contributed by atoms with Crippen molar-refractivity contribution in [1.29, 1.82) is 0 Å². The van der Waals surface area contributed by atoms with Gasteiger partial charge in [0.15, 0.2) is 9.84 Å². The maximum absolute atomic E-state index is 12.6. The van der Waals surface area contributed by atoms with E-state index >= 15 is 0 Å². The Hall–Kier alpha value is -2.12. The lowest BCUT2D eigenvalue weighted by atomic mass is 9.76. The molecule has 0 aromatic carbocycles. The highest BCUT2D eigenvalue weighted by molar-refractivity contribution is 7.91. The van der Waals surface area contributed by atoms with Gasteiger partial charge in [-0.15, -0.1) is 0 Å². The molecule has 0 amide bonds. The molecule has 1 aliphatic carbocycles. The summed E-state index contributed by atoms with van der Waals surface area (Å²) in [5.41, 5.74) is 0.237. The second-order valence-electron chi connectivity index (χ2n) is 6.85. The standard InChI is InChI=1S/C19H20ClNO5S/c1-4-19(2)10-12(14-7-8-25-18(14)22)9-15(17(19)27(3,23)24)26-16-6-5-13(20)11-21-16/h5-7,9-11,17H,4,8H2,1-3H3/t17?,19-/m1/s1. The zero-order chi connectivity index (χ0) is 19.8. The van der Waals surface area contributed by atoms with Gasteiger partial charge in [-0.3, -0.25) is 0 Å². The molecule has 6 nitrogen and oxygen atoms in total. The maximum atomic E-state index is 12.6. The van der Waals surface area contributed by atoms with E-state index in [1.165, 1.54) is 12.5 Å². The molecule has 2 aliphatic rings. The minimum Gasteiger partial charge on any atom is -0.458 e. The molecule has 1 aromatic rings. The van der Waals surface area contributed by atoms with Gasteiger partial charge in [0.2, 0.25) is 5.88 Å². The predicted octanol–water partition coefficient (Wildman–Crippen LogP) is 3.25. The molecule has 0 fully saturated rings. The molecule has 27 heavy (non-hydrogen) atoms. The van der Waals surface area contributed by atoms with Crippen molar-refractivity contribution in [3.63, 3.8) is 0 Å². The van der Waals surface area contributed by atoms with E-state index in [2.05, 4.69) is 4.98 Å². The molecule has 1 aromatic heterocycles. The van der Waals surface area contributed by atoms with Gasteiger partial charge < -0.3 is 9.47 Å². The van der Waals surface area contributed by atoms with Crippen molar-refractivity contribution in [2.24, 2.45) is 5.41 Å². The number of ether oxygens (including phenoxy) is 2. The first-order valence-corrected chi connectivity index (χ1v) is 10.8. The fraction of sp³-hybridized carbons (Fsp3) is 0.368. The van der Waals surface area contributed by atoms with Crippen LogP contribution >= 0.6 is 11.6 Å². The molecule has 8 heteroatoms. The summed E-state index contributed by atoms with van der Waals surface area (Å²) in [6.07, 6.45) is 8.21. The normalized spacial score (nSPS) is 25.4. The Labute approximate surface area is 163 Å². The summed E-state index contributed by atoms with van der Waals surface area (Å²) in [5.74, 6) is 0.00878. The van der Waals surface area contributed by atoms with Crippen molar-refractivity contribution in [1.82, 2.24) is 4.98 Å². The van der Waals surface area contributed by atoms with Crippen LogP contribution in [-0.2, 0) is 19.4 Å². The third-order valence-corrected chi connectivity index (χ3v) is 6.64. The van der Waals surface area contributed by atoms with Crippen molar-refractivity contribution in [3.8, 4) is 5.88 Å². The Bertz CT molecular complexity index is 962. The monoisotopic (exact) mass is 409 g/mol. The van der Waals surface area contributed by atoms with Crippen molar-refractivity contribution < 1.29 is 22.7 Å². The molecule has 0 radical (unpaired) electrons. The number of rotatable bonds is 5. The van der Waals surface area contributed by atoms with Gasteiger partial charge in [0.1, 0.15) is 17.6 Å². The Kier molecular flexibility index (Phi) is 5.18. The lowest BCUT2D eigenvalue weighted by Crippen LogP contribution is -2.42. The van der Waals surface area contributed by atoms with Gasteiger partial charge in [0, 0.05) is 23.9 Å². The number of nitrogens with zero attached hydrogens (tertiary/aromatic N) is 1. The molecular formula is C19H20ClNO5S. The molecule has 1 aliphatic heterocycles. The van der Waals surface area contributed by atoms with Gasteiger partial charge in [-0.05, 0) is 30.2 Å². The van der Waals surface area contributed by atoms with Crippen LogP contribution in [-0.4, -0.2) is 37.5 Å². The van der Waals surface area contributed by atoms with Gasteiger partial charge in [-0.25, -0.2) is 18.2 Å². The van der Waals surface area contributed by atoms with Gasteiger partial charge in [0.25, 0.3) is 0 Å². The lowest BCUT2D eigenvalue weighted by Gasteiger charge is -2.37. The molecule has 0 spiro atoms. The summed E-state index contributed by atoms with van der Waals surface area (Å²) in [5, 5.41) is -0.466. The van der Waals surface area contributed by atoms with Gasteiger partial charge in [-0.2, -0.15) is 0 Å². The minimum absolute atomic E-state index is 0.201. The molecule has 0 saturated carbocycles. The SMILES string of the molecule is CC[C@]1(C)C=C(C2=CCOC2=O)C=C(Oc2ccc(Cl)cn2)C1S(C)(=O)=O. The number of allylic oxidation sites excluding steroid dienone is 2. The van der Waals surface area contributed by atoms with E-state index in [-0.39, 0.29) is 18.2 Å². The third-order valence-electron chi connectivity index (χ3n) is 4.79. The van der Waals surface area contributed by atoms with Crippen LogP contribution in [0.4, 0.5) is 0 Å². The molecule has 0 saturated heterocycles. The van der Waals surface area contributed by atoms with E-state index in [0.29, 0.717) is 22.6 Å². The van der Waals surface area contributed by atoms with Gasteiger partial charge in [-0.1, -0.05) is 31.5 Å². The highest BCUT2D eigenvalue weighted by Crippen LogP contribution is 2.43. The first kappa shape index (κ1) is 19.6. The van der Waals surface area contributed by atoms with Crippen LogP contribution in [0, 0.1) is 5.41 Å². The Morgan fingerprint density at radius 2 is 2.15 bits per heavy atom. The van der Waals surface area contributed by atoms with Gasteiger partial charge in [0.05, 0.1) is 10.6 Å². The Balaban J connectivity index is 2.11. The average molecular weight is 410 g/mol. The maximum Gasteiger partial charge on any atom is 0.338 e. The molecular weight excluding hydrogens is 390 g/mol. The summed E-state index contributed by atoms with van der Waals surface area (Å²) in [4.78, 5) is 16.1. The summed E-state index contributed by atoms with van der Waals surface area (Å²) in [7, 11) is -3.51. The average Bonchev–Trinajstić information content (AvgIpc) is 3.01. The second-order valence-corrected chi connectivity index (χ2v) is 9.42. The van der Waals surface area contributed by atoms with Crippen LogP contribution in [0.5, 0.6) is 5.88 Å². The highest BCUT2D eigenvalue weighted by Gasteiger charge is 2.45. The summed E-state index contributed by atoms with van der Waals surface area (Å²) in [6.45, 7) is 3.94. The number of carbonyl (C=O) groups excluding carboxylic acids is 1. The number of hydrogen-bond donors (Lipinski definition) is 0. The summed E-state index contributed by atoms with van der Waals surface area (Å²) < 4.78 is 36.1. The van der Waals surface area contributed by atoms with E-state index in [4.69, 9.17) is 21.1 Å². The van der Waals surface area contributed by atoms with Crippen LogP contribution < -0.4 is 4.74 Å². The number of carbonyl (C=O) groups is 1. The van der Waals surface area contributed by atoms with E-state index < -0.39 is 26.5 Å². The lowest BCUT2D eigenvalue weighted by molar-refractivity contribution is -0.135. The number of halogens is 1. The number of esters is 1. The topological polar surface area (TPSA) is 82.6 Å². The molecule has 0 bridgehead atoms. The molecule has 3 rings (SSSR count). The molecule has 144 valence electrons. The Morgan fingerprint density at radius 3 is 2.67 bits per heavy atom. The second kappa shape index (κ2) is 7.13. The predicted molar refractivity (Wildman–Crippen MR) is 102 cm³/mol. The summed E-state index contributed by atoms with van der Waals surface area (Å²) >= 11 is 5.85. The molecule has 1 unspecified atom stereocenters. The Morgan fingerprint density at radius 1 is 1.41 bits per heavy atom. The van der Waals surface area contributed by atoms with Crippen molar-refractivity contribution in [3.05, 3.63) is 58.5 Å². The van der Waals surface area contributed by atoms with E-state index in [1.54, 1.807) is 24.3 Å². The zero-order valence-electron chi connectivity index (χ0n) is 15.2. The first-order chi connectivity index (χ1) is 12.6. The van der Waals surface area contributed by atoms with Crippen LogP contribution in [0.15, 0.2) is 53.5 Å². The van der Waals surface area contributed by atoms with E-state index in [1.807, 2.05) is 19.9 Å². The number of pyridine rings is 1. The van der Waals surface area contributed by atoms with Gasteiger partial charge >= 0.3 is 5.97 Å². The fourth-order valence-corrected chi connectivity index (χ4v) is 5.26. The number of sulfone groups is 1. The van der Waals surface area contributed by atoms with Crippen molar-refractivity contribution in [2.75, 3.05) is 12.9 Å². The largest absolute Gasteiger partial charge is 0.458 e. The number of cyclic esters (lactones) is 1. The molecule has 2 heterocycles. The molecule has 0 N–H and O–H groups in total. The fourth-order valence-electron chi connectivity index (χ4n) is 3.39. The van der Waals surface area contributed by atoms with Crippen LogP contribution in [0.3, 0.4) is 0 Å². The number of aromatic nitrogens is 1. The smallest absolute Gasteiger partial charge is 0.338 e.